The van der Waals surface area contributed by atoms with Crippen LogP contribution in [0.4, 0.5) is 10.1 Å². The Morgan fingerprint density at radius 3 is 2.48 bits per heavy atom. The van der Waals surface area contributed by atoms with Gasteiger partial charge in [-0.1, -0.05) is 59.9 Å². The molecule has 1 aromatic heterocycles. The molecule has 0 aliphatic carbocycles. The molecule has 0 bridgehead atoms. The Bertz CT molecular complexity index is 2120. The number of amides is 1. The molecule has 8 nitrogen and oxygen atoms in total. The van der Waals surface area contributed by atoms with Gasteiger partial charge in [-0.05, 0) is 78.2 Å². The van der Waals surface area contributed by atoms with E-state index in [0.29, 0.717) is 54.7 Å². The van der Waals surface area contributed by atoms with Crippen LogP contribution in [-0.4, -0.2) is 24.7 Å². The molecule has 0 unspecified atom stereocenters. The molecule has 232 valence electrons. The molecule has 0 saturated carbocycles. The van der Waals surface area contributed by atoms with Crippen LogP contribution in [0.5, 0.6) is 17.2 Å². The van der Waals surface area contributed by atoms with E-state index in [1.807, 2.05) is 48.5 Å². The van der Waals surface area contributed by atoms with E-state index in [2.05, 4.69) is 5.32 Å². The molecule has 0 radical (unpaired) electrons. The molecular formula is C36H30FN3O5S. The lowest BCUT2D eigenvalue weighted by Crippen LogP contribution is -2.40. The zero-order chi connectivity index (χ0) is 32.2. The number of halogens is 1. The first kappa shape index (κ1) is 30.5. The Morgan fingerprint density at radius 1 is 0.957 bits per heavy atom. The third kappa shape index (κ3) is 6.33. The van der Waals surface area contributed by atoms with Gasteiger partial charge in [0.05, 0.1) is 36.1 Å². The number of allylic oxidation sites excluding steroid dienone is 1. The molecule has 0 fully saturated rings. The Kier molecular flexibility index (Phi) is 8.80. The third-order valence-corrected chi connectivity index (χ3v) is 8.48. The lowest BCUT2D eigenvalue weighted by Gasteiger charge is -2.25. The topological polar surface area (TPSA) is 91.2 Å². The van der Waals surface area contributed by atoms with Crippen LogP contribution in [0.3, 0.4) is 0 Å². The van der Waals surface area contributed by atoms with E-state index in [9.17, 15) is 14.0 Å². The van der Waals surface area contributed by atoms with Crippen molar-refractivity contribution in [1.29, 1.82) is 0 Å². The van der Waals surface area contributed by atoms with Gasteiger partial charge in [0.15, 0.2) is 16.3 Å². The van der Waals surface area contributed by atoms with Gasteiger partial charge in [0.25, 0.3) is 11.5 Å². The maximum atomic E-state index is 14.1. The van der Waals surface area contributed by atoms with Gasteiger partial charge >= 0.3 is 0 Å². The molecule has 0 saturated heterocycles. The Hall–Kier alpha value is -5.48. The van der Waals surface area contributed by atoms with Gasteiger partial charge in [-0.2, -0.15) is 0 Å². The monoisotopic (exact) mass is 635 g/mol. The third-order valence-electron chi connectivity index (χ3n) is 7.50. The fourth-order valence-corrected chi connectivity index (χ4v) is 6.29. The van der Waals surface area contributed by atoms with Gasteiger partial charge in [-0.25, -0.2) is 9.38 Å². The van der Waals surface area contributed by atoms with E-state index in [-0.39, 0.29) is 23.9 Å². The second kappa shape index (κ2) is 13.3. The summed E-state index contributed by atoms with van der Waals surface area (Å²) in [5, 5.41) is 2.96. The van der Waals surface area contributed by atoms with Crippen molar-refractivity contribution in [2.75, 3.05) is 19.5 Å². The summed E-state index contributed by atoms with van der Waals surface area (Å²) >= 11 is 1.24. The van der Waals surface area contributed by atoms with Crippen molar-refractivity contribution in [3.05, 3.63) is 151 Å². The summed E-state index contributed by atoms with van der Waals surface area (Å²) in [5.41, 5.74) is 3.46. The maximum absolute atomic E-state index is 14.1. The largest absolute Gasteiger partial charge is 0.497 e. The van der Waals surface area contributed by atoms with Gasteiger partial charge in [0.2, 0.25) is 0 Å². The molecule has 1 amide bonds. The van der Waals surface area contributed by atoms with E-state index in [4.69, 9.17) is 19.2 Å². The first-order chi connectivity index (χ1) is 22.3. The average Bonchev–Trinajstić information content (AvgIpc) is 3.38. The number of nitrogens with one attached hydrogen (secondary N) is 1. The summed E-state index contributed by atoms with van der Waals surface area (Å²) in [4.78, 5) is 33.1. The van der Waals surface area contributed by atoms with Gasteiger partial charge in [0.1, 0.15) is 18.2 Å². The standard InChI is InChI=1S/C36H30FN3O5S/c1-22-32(34(41)39-27-9-5-4-6-10-27)33(25-8-7-11-28(20-25)43-2)40-35(42)31(46-36(40)38-22)19-24-14-17-29(30(18-24)44-3)45-21-23-12-15-26(37)16-13-23/h4-20,33H,21H2,1-3H3,(H,39,41)/b31-19-/t33-/m0/s1. The molecule has 0 spiro atoms. The van der Waals surface area contributed by atoms with Gasteiger partial charge in [-0.15, -0.1) is 0 Å². The summed E-state index contributed by atoms with van der Waals surface area (Å²) in [7, 11) is 3.11. The number of rotatable bonds is 9. The minimum atomic E-state index is -0.742. The van der Waals surface area contributed by atoms with E-state index < -0.39 is 6.04 Å². The van der Waals surface area contributed by atoms with Crippen molar-refractivity contribution < 1.29 is 23.4 Å². The Morgan fingerprint density at radius 2 is 1.74 bits per heavy atom. The highest BCUT2D eigenvalue weighted by Gasteiger charge is 2.32. The molecule has 5 aromatic rings. The second-order valence-electron chi connectivity index (χ2n) is 10.5. The number of para-hydroxylation sites is 1. The number of benzene rings is 4. The van der Waals surface area contributed by atoms with Crippen LogP contribution in [0, 0.1) is 5.82 Å². The minimum Gasteiger partial charge on any atom is -0.497 e. The molecule has 2 heterocycles. The van der Waals surface area contributed by atoms with Crippen molar-refractivity contribution in [2.24, 2.45) is 4.99 Å². The smallest absolute Gasteiger partial charge is 0.271 e. The highest BCUT2D eigenvalue weighted by molar-refractivity contribution is 7.07. The van der Waals surface area contributed by atoms with Crippen molar-refractivity contribution in [1.82, 2.24) is 4.57 Å². The van der Waals surface area contributed by atoms with Crippen molar-refractivity contribution in [3.63, 3.8) is 0 Å². The number of carbonyl (C=O) groups excluding carboxylic acids is 1. The zero-order valence-electron chi connectivity index (χ0n) is 25.3. The molecular weight excluding hydrogens is 605 g/mol. The molecule has 10 heteroatoms. The number of hydrogen-bond donors (Lipinski definition) is 1. The van der Waals surface area contributed by atoms with Crippen LogP contribution in [0.25, 0.3) is 6.08 Å². The number of hydrogen-bond acceptors (Lipinski definition) is 7. The number of thiazole rings is 1. The van der Waals surface area contributed by atoms with E-state index in [0.717, 1.165) is 5.56 Å². The zero-order valence-corrected chi connectivity index (χ0v) is 26.1. The molecule has 1 aliphatic rings. The highest BCUT2D eigenvalue weighted by atomic mass is 32.1. The SMILES string of the molecule is COc1cccc([C@H]2C(C(=O)Nc3ccccc3)=C(C)N=c3s/c(=C\c4ccc(OCc5ccc(F)cc5)c(OC)c4)c(=O)n32)c1. The first-order valence-corrected chi connectivity index (χ1v) is 15.2. The molecule has 46 heavy (non-hydrogen) atoms. The van der Waals surface area contributed by atoms with Crippen LogP contribution >= 0.6 is 11.3 Å². The van der Waals surface area contributed by atoms with Crippen molar-refractivity contribution >= 4 is 29.0 Å². The van der Waals surface area contributed by atoms with Crippen LogP contribution < -0.4 is 34.4 Å². The average molecular weight is 636 g/mol. The van der Waals surface area contributed by atoms with Crippen LogP contribution in [0.1, 0.15) is 29.7 Å². The number of fused-ring (bicyclic) bond motifs is 1. The van der Waals surface area contributed by atoms with Gasteiger partial charge in [0, 0.05) is 5.69 Å². The predicted molar refractivity (Wildman–Crippen MR) is 176 cm³/mol. The van der Waals surface area contributed by atoms with Crippen molar-refractivity contribution in [3.8, 4) is 17.2 Å². The van der Waals surface area contributed by atoms with Crippen LogP contribution in [0.2, 0.25) is 0 Å². The van der Waals surface area contributed by atoms with Crippen LogP contribution in [-0.2, 0) is 11.4 Å². The lowest BCUT2D eigenvalue weighted by atomic mass is 9.95. The summed E-state index contributed by atoms with van der Waals surface area (Å²) in [6.07, 6.45) is 1.77. The normalized spacial score (nSPS) is 14.3. The summed E-state index contributed by atoms with van der Waals surface area (Å²) < 4.78 is 32.3. The Balaban J connectivity index is 1.38. The van der Waals surface area contributed by atoms with E-state index >= 15 is 0 Å². The number of anilines is 1. The summed E-state index contributed by atoms with van der Waals surface area (Å²) in [6, 6.07) is 27.2. The first-order valence-electron chi connectivity index (χ1n) is 14.4. The van der Waals surface area contributed by atoms with Crippen LogP contribution in [0.15, 0.2) is 118 Å². The fraction of sp³-hybridized carbons (Fsp3) is 0.139. The Labute approximate surface area is 268 Å². The quantitative estimate of drug-likeness (QED) is 0.228. The predicted octanol–water partition coefficient (Wildman–Crippen LogP) is 5.61. The fourth-order valence-electron chi connectivity index (χ4n) is 5.25. The number of ether oxygens (including phenoxy) is 3. The molecule has 4 aromatic carbocycles. The number of carbonyl (C=O) groups is 1. The lowest BCUT2D eigenvalue weighted by molar-refractivity contribution is -0.113. The highest BCUT2D eigenvalue weighted by Crippen LogP contribution is 2.33. The summed E-state index contributed by atoms with van der Waals surface area (Å²) in [5.74, 6) is 0.927. The minimum absolute atomic E-state index is 0.235. The number of methoxy groups -OCH3 is 2. The molecule has 1 N–H and O–H groups in total. The number of aromatic nitrogens is 1. The molecule has 1 aliphatic heterocycles. The maximum Gasteiger partial charge on any atom is 0.271 e. The summed E-state index contributed by atoms with van der Waals surface area (Å²) in [6.45, 7) is 2.01. The number of nitrogens with zero attached hydrogens (tertiary/aromatic N) is 2. The van der Waals surface area contributed by atoms with Gasteiger partial charge in [-0.3, -0.25) is 14.2 Å². The molecule has 1 atom stereocenters. The second-order valence-corrected chi connectivity index (χ2v) is 11.5. The van der Waals surface area contributed by atoms with E-state index in [1.54, 1.807) is 61.1 Å². The van der Waals surface area contributed by atoms with Gasteiger partial charge < -0.3 is 19.5 Å². The van der Waals surface area contributed by atoms with E-state index in [1.165, 1.54) is 30.6 Å². The molecule has 6 rings (SSSR count). The van der Waals surface area contributed by atoms with Crippen molar-refractivity contribution in [2.45, 2.75) is 19.6 Å².